The molecule has 2 N–H and O–H groups in total. The van der Waals surface area contributed by atoms with Crippen LogP contribution in [0.2, 0.25) is 5.02 Å². The van der Waals surface area contributed by atoms with Crippen LogP contribution in [-0.4, -0.2) is 42.0 Å². The monoisotopic (exact) mass is 365 g/mol. The molecule has 3 rings (SSSR count). The topological polar surface area (TPSA) is 57.4 Å². The zero-order valence-electron chi connectivity index (χ0n) is 14.0. The summed E-state index contributed by atoms with van der Waals surface area (Å²) < 4.78 is 18.7. The molecule has 1 aromatic carbocycles. The molecule has 2 aromatic rings. The van der Waals surface area contributed by atoms with Gasteiger partial charge in [-0.3, -0.25) is 9.69 Å². The normalized spacial score (nSPS) is 16.0. The molecule has 1 amide bonds. The lowest BCUT2D eigenvalue weighted by Crippen LogP contribution is -2.44. The number of nitrogens with zero attached hydrogens (tertiary/aromatic N) is 1. The number of benzene rings is 1. The number of ether oxygens (including phenoxy) is 1. The molecule has 2 heterocycles. The van der Waals surface area contributed by atoms with E-state index in [1.165, 1.54) is 13.2 Å². The number of methoxy groups -OCH3 is 1. The van der Waals surface area contributed by atoms with Gasteiger partial charge in [0.15, 0.2) is 11.6 Å². The molecule has 7 heteroatoms. The van der Waals surface area contributed by atoms with Crippen molar-refractivity contribution in [1.82, 2.24) is 15.2 Å². The second-order valence-electron chi connectivity index (χ2n) is 6.22. The number of amides is 1. The van der Waals surface area contributed by atoms with Gasteiger partial charge in [0.05, 0.1) is 12.1 Å². The third kappa shape index (κ3) is 4.52. The summed E-state index contributed by atoms with van der Waals surface area (Å²) in [5, 5.41) is 3.55. The Bertz CT molecular complexity index is 742. The molecule has 1 aliphatic rings. The van der Waals surface area contributed by atoms with Gasteiger partial charge in [-0.15, -0.1) is 0 Å². The Morgan fingerprint density at radius 3 is 2.76 bits per heavy atom. The lowest BCUT2D eigenvalue weighted by atomic mass is 10.0. The van der Waals surface area contributed by atoms with Crippen LogP contribution in [0.1, 0.15) is 28.9 Å². The Morgan fingerprint density at radius 2 is 2.16 bits per heavy atom. The minimum absolute atomic E-state index is 0.137. The summed E-state index contributed by atoms with van der Waals surface area (Å²) in [5.74, 6) is -0.219. The lowest BCUT2D eigenvalue weighted by molar-refractivity contribution is 0.0904. The SMILES string of the molecule is COc1ccc(CN2CCC(NC(=O)c3cc(Cl)c[nH]3)CC2)cc1F. The first-order chi connectivity index (χ1) is 12.0. The zero-order valence-corrected chi connectivity index (χ0v) is 14.8. The molecule has 5 nitrogen and oxygen atoms in total. The number of hydrogen-bond acceptors (Lipinski definition) is 3. The van der Waals surface area contributed by atoms with Crippen LogP contribution in [0.3, 0.4) is 0 Å². The highest BCUT2D eigenvalue weighted by atomic mass is 35.5. The van der Waals surface area contributed by atoms with E-state index in [1.54, 1.807) is 18.3 Å². The van der Waals surface area contributed by atoms with Crippen LogP contribution in [0.5, 0.6) is 5.75 Å². The minimum Gasteiger partial charge on any atom is -0.494 e. The molecule has 1 aliphatic heterocycles. The van der Waals surface area contributed by atoms with E-state index in [0.717, 1.165) is 31.5 Å². The van der Waals surface area contributed by atoms with Crippen LogP contribution in [0.25, 0.3) is 0 Å². The van der Waals surface area contributed by atoms with E-state index >= 15 is 0 Å². The molecule has 1 aromatic heterocycles. The van der Waals surface area contributed by atoms with Gasteiger partial charge in [0.25, 0.3) is 5.91 Å². The van der Waals surface area contributed by atoms with Crippen molar-refractivity contribution in [1.29, 1.82) is 0 Å². The molecule has 0 bridgehead atoms. The van der Waals surface area contributed by atoms with Gasteiger partial charge in [-0.05, 0) is 36.6 Å². The van der Waals surface area contributed by atoms with Crippen molar-refractivity contribution in [3.63, 3.8) is 0 Å². The van der Waals surface area contributed by atoms with E-state index in [1.807, 2.05) is 6.07 Å². The summed E-state index contributed by atoms with van der Waals surface area (Å²) in [5.41, 5.74) is 1.39. The van der Waals surface area contributed by atoms with Gasteiger partial charge >= 0.3 is 0 Å². The second-order valence-corrected chi connectivity index (χ2v) is 6.66. The maximum Gasteiger partial charge on any atom is 0.267 e. The van der Waals surface area contributed by atoms with Gasteiger partial charge in [-0.1, -0.05) is 17.7 Å². The molecule has 1 saturated heterocycles. The molecule has 1 fully saturated rings. The quantitative estimate of drug-likeness (QED) is 0.855. The Labute approximate surface area is 151 Å². The van der Waals surface area contributed by atoms with Crippen molar-refractivity contribution in [3.8, 4) is 5.75 Å². The third-order valence-electron chi connectivity index (χ3n) is 4.44. The molecule has 0 unspecified atom stereocenters. The van der Waals surface area contributed by atoms with Gasteiger partial charge < -0.3 is 15.0 Å². The Hall–Kier alpha value is -2.05. The number of hydrogen-bond donors (Lipinski definition) is 2. The Balaban J connectivity index is 1.48. The van der Waals surface area contributed by atoms with E-state index < -0.39 is 0 Å². The number of H-pyrrole nitrogens is 1. The summed E-state index contributed by atoms with van der Waals surface area (Å²) in [6, 6.07) is 6.80. The van der Waals surface area contributed by atoms with Crippen LogP contribution >= 0.6 is 11.6 Å². The minimum atomic E-state index is -0.341. The average molecular weight is 366 g/mol. The van der Waals surface area contributed by atoms with E-state index in [9.17, 15) is 9.18 Å². The lowest BCUT2D eigenvalue weighted by Gasteiger charge is -2.32. The van der Waals surface area contributed by atoms with Crippen LogP contribution < -0.4 is 10.1 Å². The highest BCUT2D eigenvalue weighted by Crippen LogP contribution is 2.20. The maximum atomic E-state index is 13.8. The Morgan fingerprint density at radius 1 is 1.40 bits per heavy atom. The summed E-state index contributed by atoms with van der Waals surface area (Å²) >= 11 is 5.82. The maximum absolute atomic E-state index is 13.8. The van der Waals surface area contributed by atoms with Gasteiger partial charge in [0.2, 0.25) is 0 Å². The predicted molar refractivity (Wildman–Crippen MR) is 94.5 cm³/mol. The zero-order chi connectivity index (χ0) is 17.8. The average Bonchev–Trinajstić information content (AvgIpc) is 3.03. The van der Waals surface area contributed by atoms with Crippen molar-refractivity contribution in [2.75, 3.05) is 20.2 Å². The van der Waals surface area contributed by atoms with Crippen LogP contribution in [0.4, 0.5) is 4.39 Å². The van der Waals surface area contributed by atoms with Crippen LogP contribution in [-0.2, 0) is 6.54 Å². The molecule has 0 spiro atoms. The standard InChI is InChI=1S/C18H21ClFN3O2/c1-25-17-3-2-12(8-15(17)20)11-23-6-4-14(5-7-23)22-18(24)16-9-13(19)10-21-16/h2-3,8-10,14,21H,4-7,11H2,1H3,(H,22,24). The van der Waals surface area contributed by atoms with Crippen LogP contribution in [0, 0.1) is 5.82 Å². The Kier molecular flexibility index (Phi) is 5.60. The molecule has 0 atom stereocenters. The highest BCUT2D eigenvalue weighted by molar-refractivity contribution is 6.30. The highest BCUT2D eigenvalue weighted by Gasteiger charge is 2.22. The summed E-state index contributed by atoms with van der Waals surface area (Å²) in [6.07, 6.45) is 3.31. The summed E-state index contributed by atoms with van der Waals surface area (Å²) in [4.78, 5) is 17.2. The van der Waals surface area contributed by atoms with Gasteiger partial charge in [-0.25, -0.2) is 4.39 Å². The number of carbonyl (C=O) groups is 1. The van der Waals surface area contributed by atoms with Crippen molar-refractivity contribution < 1.29 is 13.9 Å². The fourth-order valence-corrected chi connectivity index (χ4v) is 3.23. The summed E-state index contributed by atoms with van der Waals surface area (Å²) in [6.45, 7) is 2.39. The molecular formula is C18H21ClFN3O2. The van der Waals surface area contributed by atoms with E-state index in [0.29, 0.717) is 17.3 Å². The molecule has 25 heavy (non-hydrogen) atoms. The van der Waals surface area contributed by atoms with Crippen molar-refractivity contribution in [2.45, 2.75) is 25.4 Å². The number of carbonyl (C=O) groups excluding carboxylic acids is 1. The van der Waals surface area contributed by atoms with Gasteiger partial charge in [-0.2, -0.15) is 0 Å². The van der Waals surface area contributed by atoms with Gasteiger partial charge in [0, 0.05) is 31.9 Å². The predicted octanol–water partition coefficient (Wildman–Crippen LogP) is 3.21. The van der Waals surface area contributed by atoms with Gasteiger partial charge in [0.1, 0.15) is 5.69 Å². The first kappa shape index (κ1) is 17.8. The largest absolute Gasteiger partial charge is 0.494 e. The van der Waals surface area contributed by atoms with Crippen molar-refractivity contribution in [3.05, 3.63) is 52.6 Å². The number of rotatable bonds is 5. The van der Waals surface area contributed by atoms with E-state index in [4.69, 9.17) is 16.3 Å². The second kappa shape index (κ2) is 7.89. The number of nitrogens with one attached hydrogen (secondary N) is 2. The van der Waals surface area contributed by atoms with Crippen LogP contribution in [0.15, 0.2) is 30.5 Å². The first-order valence-electron chi connectivity index (χ1n) is 8.24. The van der Waals surface area contributed by atoms with E-state index in [-0.39, 0.29) is 23.5 Å². The molecule has 0 radical (unpaired) electrons. The number of piperidine rings is 1. The molecular weight excluding hydrogens is 345 g/mol. The molecule has 134 valence electrons. The molecule has 0 saturated carbocycles. The summed E-state index contributed by atoms with van der Waals surface area (Å²) in [7, 11) is 1.46. The van der Waals surface area contributed by atoms with Crippen molar-refractivity contribution >= 4 is 17.5 Å². The number of halogens is 2. The molecule has 0 aliphatic carbocycles. The fourth-order valence-electron chi connectivity index (χ4n) is 3.06. The van der Waals surface area contributed by atoms with E-state index in [2.05, 4.69) is 15.2 Å². The number of likely N-dealkylation sites (tertiary alicyclic amines) is 1. The smallest absolute Gasteiger partial charge is 0.267 e. The number of aromatic nitrogens is 1. The first-order valence-corrected chi connectivity index (χ1v) is 8.62. The van der Waals surface area contributed by atoms with Crippen molar-refractivity contribution in [2.24, 2.45) is 0 Å². The fraction of sp³-hybridized carbons (Fsp3) is 0.389. The third-order valence-corrected chi connectivity index (χ3v) is 4.66. The number of aromatic amines is 1.